The Kier molecular flexibility index (Phi) is 9.39. The van der Waals surface area contributed by atoms with Gasteiger partial charge in [0.2, 0.25) is 0 Å². The molecule has 1 fully saturated rings. The third-order valence-corrected chi connectivity index (χ3v) is 5.21. The summed E-state index contributed by atoms with van der Waals surface area (Å²) in [7, 11) is 4.61. The molecule has 0 radical (unpaired) electrons. The molecule has 1 aliphatic heterocycles. The Bertz CT molecular complexity index is 709. The number of methoxy groups -OCH3 is 3. The molecular formula is C22H34N2O6. The van der Waals surface area contributed by atoms with Gasteiger partial charge in [0.1, 0.15) is 0 Å². The van der Waals surface area contributed by atoms with Crippen molar-refractivity contribution in [3.05, 3.63) is 23.8 Å². The number of amides is 1. The molecule has 2 rings (SSSR count). The summed E-state index contributed by atoms with van der Waals surface area (Å²) < 4.78 is 21.1. The quantitative estimate of drug-likeness (QED) is 0.456. The molecular weight excluding hydrogens is 388 g/mol. The maximum atomic E-state index is 13.4. The lowest BCUT2D eigenvalue weighted by Gasteiger charge is -2.39. The first kappa shape index (κ1) is 24.0. The number of benzene rings is 1. The standard InChI is InChI=1S/C22H34N2O6/c1-15(2)24(18-11-17(13-23-14-18)22(26)29-5)21(25)16-7-8-19(28-4)20(12-16)30-10-6-9-27-3/h7-8,12,15,17-18,23H,6,9-11,13-14H2,1-5H3/t17-,18?/m1/s1. The molecule has 30 heavy (non-hydrogen) atoms. The number of esters is 1. The van der Waals surface area contributed by atoms with E-state index in [-0.39, 0.29) is 29.9 Å². The number of nitrogens with one attached hydrogen (secondary N) is 1. The number of carbonyl (C=O) groups is 2. The Morgan fingerprint density at radius 3 is 2.53 bits per heavy atom. The van der Waals surface area contributed by atoms with Crippen LogP contribution in [0.1, 0.15) is 37.0 Å². The lowest BCUT2D eigenvalue weighted by atomic mass is 9.93. The zero-order chi connectivity index (χ0) is 22.1. The first-order chi connectivity index (χ1) is 14.4. The monoisotopic (exact) mass is 422 g/mol. The first-order valence-electron chi connectivity index (χ1n) is 10.3. The van der Waals surface area contributed by atoms with Gasteiger partial charge in [0.15, 0.2) is 11.5 Å². The fraction of sp³-hybridized carbons (Fsp3) is 0.636. The molecule has 1 N–H and O–H groups in total. The van der Waals surface area contributed by atoms with E-state index in [2.05, 4.69) is 5.32 Å². The Morgan fingerprint density at radius 2 is 1.90 bits per heavy atom. The van der Waals surface area contributed by atoms with Gasteiger partial charge in [0.05, 0.1) is 26.7 Å². The molecule has 0 saturated carbocycles. The van der Waals surface area contributed by atoms with Gasteiger partial charge in [0.25, 0.3) is 5.91 Å². The summed E-state index contributed by atoms with van der Waals surface area (Å²) >= 11 is 0. The summed E-state index contributed by atoms with van der Waals surface area (Å²) in [5, 5.41) is 3.26. The Morgan fingerprint density at radius 1 is 1.13 bits per heavy atom. The summed E-state index contributed by atoms with van der Waals surface area (Å²) in [5.74, 6) is 0.479. The predicted octanol–water partition coefficient (Wildman–Crippen LogP) is 2.11. The topological polar surface area (TPSA) is 86.3 Å². The van der Waals surface area contributed by atoms with Crippen LogP contribution in [0.2, 0.25) is 0 Å². The normalized spacial score (nSPS) is 18.7. The highest BCUT2D eigenvalue weighted by molar-refractivity contribution is 5.95. The largest absolute Gasteiger partial charge is 0.493 e. The molecule has 8 nitrogen and oxygen atoms in total. The molecule has 168 valence electrons. The minimum Gasteiger partial charge on any atom is -0.493 e. The number of hydrogen-bond acceptors (Lipinski definition) is 7. The highest BCUT2D eigenvalue weighted by Gasteiger charge is 2.35. The average Bonchev–Trinajstić information content (AvgIpc) is 2.76. The highest BCUT2D eigenvalue weighted by Crippen LogP contribution is 2.30. The summed E-state index contributed by atoms with van der Waals surface area (Å²) in [6.07, 6.45) is 1.30. The molecule has 0 aliphatic carbocycles. The predicted molar refractivity (Wildman–Crippen MR) is 113 cm³/mol. The SMILES string of the molecule is COCCCOc1cc(C(=O)N(C(C)C)C2CNC[C@H](C(=O)OC)C2)ccc1OC. The van der Waals surface area contributed by atoms with Gasteiger partial charge in [-0.3, -0.25) is 9.59 Å². The molecule has 1 unspecified atom stereocenters. The minimum absolute atomic E-state index is 0.0335. The van der Waals surface area contributed by atoms with Crippen LogP contribution < -0.4 is 14.8 Å². The van der Waals surface area contributed by atoms with E-state index in [9.17, 15) is 9.59 Å². The summed E-state index contributed by atoms with van der Waals surface area (Å²) in [4.78, 5) is 27.3. The van der Waals surface area contributed by atoms with Crippen LogP contribution in [-0.2, 0) is 14.3 Å². The Hall–Kier alpha value is -2.32. The van der Waals surface area contributed by atoms with Crippen LogP contribution in [0.5, 0.6) is 11.5 Å². The van der Waals surface area contributed by atoms with E-state index >= 15 is 0 Å². The van der Waals surface area contributed by atoms with Crippen molar-refractivity contribution in [1.82, 2.24) is 10.2 Å². The maximum Gasteiger partial charge on any atom is 0.310 e. The van der Waals surface area contributed by atoms with Gasteiger partial charge in [-0.2, -0.15) is 0 Å². The Balaban J connectivity index is 2.21. The third-order valence-electron chi connectivity index (χ3n) is 5.21. The van der Waals surface area contributed by atoms with Crippen LogP contribution in [-0.4, -0.2) is 76.5 Å². The zero-order valence-electron chi connectivity index (χ0n) is 18.6. The lowest BCUT2D eigenvalue weighted by Crippen LogP contribution is -2.54. The van der Waals surface area contributed by atoms with E-state index in [1.807, 2.05) is 18.7 Å². The van der Waals surface area contributed by atoms with E-state index in [4.69, 9.17) is 18.9 Å². The second-order valence-electron chi connectivity index (χ2n) is 7.63. The van der Waals surface area contributed by atoms with E-state index in [0.717, 1.165) is 6.42 Å². The molecule has 1 saturated heterocycles. The smallest absolute Gasteiger partial charge is 0.310 e. The van der Waals surface area contributed by atoms with Crippen molar-refractivity contribution in [2.24, 2.45) is 5.92 Å². The van der Waals surface area contributed by atoms with Crippen LogP contribution in [0, 0.1) is 5.92 Å². The van der Waals surface area contributed by atoms with Gasteiger partial charge >= 0.3 is 5.97 Å². The first-order valence-corrected chi connectivity index (χ1v) is 10.3. The van der Waals surface area contributed by atoms with E-state index in [0.29, 0.717) is 49.8 Å². The van der Waals surface area contributed by atoms with Gasteiger partial charge in [-0.15, -0.1) is 0 Å². The van der Waals surface area contributed by atoms with Crippen LogP contribution >= 0.6 is 0 Å². The number of rotatable bonds is 10. The molecule has 1 heterocycles. The van der Waals surface area contributed by atoms with Gasteiger partial charge < -0.3 is 29.2 Å². The molecule has 2 atom stereocenters. The molecule has 1 aromatic rings. The fourth-order valence-electron chi connectivity index (χ4n) is 3.76. The number of piperidine rings is 1. The van der Waals surface area contributed by atoms with Crippen molar-refractivity contribution in [2.75, 3.05) is 47.6 Å². The van der Waals surface area contributed by atoms with Crippen molar-refractivity contribution in [3.8, 4) is 11.5 Å². The number of ether oxygens (including phenoxy) is 4. The molecule has 1 aromatic carbocycles. The van der Waals surface area contributed by atoms with Crippen LogP contribution in [0.4, 0.5) is 0 Å². The number of carbonyl (C=O) groups excluding carboxylic acids is 2. The second kappa shape index (κ2) is 11.8. The molecule has 8 heteroatoms. The summed E-state index contributed by atoms with van der Waals surface area (Å²) in [5.41, 5.74) is 0.520. The van der Waals surface area contributed by atoms with E-state index < -0.39 is 0 Å². The Labute approximate surface area is 178 Å². The zero-order valence-corrected chi connectivity index (χ0v) is 18.6. The molecule has 1 amide bonds. The molecule has 0 bridgehead atoms. The summed E-state index contributed by atoms with van der Waals surface area (Å²) in [6.45, 7) is 6.21. The van der Waals surface area contributed by atoms with Crippen molar-refractivity contribution < 1.29 is 28.5 Å². The molecule has 0 spiro atoms. The maximum absolute atomic E-state index is 13.4. The van der Waals surface area contributed by atoms with Gasteiger partial charge in [-0.25, -0.2) is 0 Å². The van der Waals surface area contributed by atoms with Gasteiger partial charge in [-0.1, -0.05) is 0 Å². The van der Waals surface area contributed by atoms with Crippen molar-refractivity contribution in [3.63, 3.8) is 0 Å². The number of nitrogens with zero attached hydrogens (tertiary/aromatic N) is 1. The van der Waals surface area contributed by atoms with Gasteiger partial charge in [0, 0.05) is 50.9 Å². The van der Waals surface area contributed by atoms with Gasteiger partial charge in [-0.05, 0) is 38.5 Å². The van der Waals surface area contributed by atoms with Crippen LogP contribution in [0.3, 0.4) is 0 Å². The van der Waals surface area contributed by atoms with Crippen molar-refractivity contribution in [2.45, 2.75) is 38.8 Å². The molecule has 0 aromatic heterocycles. The van der Waals surface area contributed by atoms with E-state index in [1.54, 1.807) is 32.4 Å². The van der Waals surface area contributed by atoms with Crippen LogP contribution in [0.25, 0.3) is 0 Å². The second-order valence-corrected chi connectivity index (χ2v) is 7.63. The average molecular weight is 423 g/mol. The fourth-order valence-corrected chi connectivity index (χ4v) is 3.76. The minimum atomic E-state index is -0.265. The highest BCUT2D eigenvalue weighted by atomic mass is 16.5. The van der Waals surface area contributed by atoms with E-state index in [1.165, 1.54) is 7.11 Å². The van der Waals surface area contributed by atoms with Crippen LogP contribution in [0.15, 0.2) is 18.2 Å². The summed E-state index contributed by atoms with van der Waals surface area (Å²) in [6, 6.07) is 5.06. The number of hydrogen-bond donors (Lipinski definition) is 1. The third kappa shape index (κ3) is 6.09. The van der Waals surface area contributed by atoms with Crippen molar-refractivity contribution >= 4 is 11.9 Å². The lowest BCUT2D eigenvalue weighted by molar-refractivity contribution is -0.146. The van der Waals surface area contributed by atoms with Crippen molar-refractivity contribution in [1.29, 1.82) is 0 Å². The molecule has 1 aliphatic rings.